The summed E-state index contributed by atoms with van der Waals surface area (Å²) < 4.78 is 2.56. The van der Waals surface area contributed by atoms with E-state index < -0.39 is 0 Å². The molecule has 1 nitrogen and oxygen atoms in total. The van der Waals surface area contributed by atoms with E-state index in [9.17, 15) is 0 Å². The van der Waals surface area contributed by atoms with E-state index in [2.05, 4.69) is 22.7 Å². The summed E-state index contributed by atoms with van der Waals surface area (Å²) in [6.07, 6.45) is 3.69. The van der Waals surface area contributed by atoms with E-state index in [0.29, 0.717) is 11.1 Å². The molecule has 0 amide bonds. The Morgan fingerprint density at radius 2 is 2.07 bits per heavy atom. The standard InChI is InChI=1S/C11H15ClNS/c1-14-8-2-7-13(14)9-10-3-5-11(12)6-4-10/h3-6H,2,7-9H2,1H3/q+1. The monoisotopic (exact) mass is 228 g/mol. The molecule has 1 aliphatic heterocycles. The Hall–Kier alpha value is -0.180. The molecule has 3 heteroatoms. The molecule has 2 rings (SSSR count). The molecule has 14 heavy (non-hydrogen) atoms. The Balaban J connectivity index is 2.00. The summed E-state index contributed by atoms with van der Waals surface area (Å²) in [6, 6.07) is 8.19. The van der Waals surface area contributed by atoms with Gasteiger partial charge in [-0.1, -0.05) is 23.7 Å². The van der Waals surface area contributed by atoms with E-state index in [1.807, 2.05) is 12.1 Å². The Morgan fingerprint density at radius 3 is 2.64 bits per heavy atom. The van der Waals surface area contributed by atoms with Crippen molar-refractivity contribution in [3.05, 3.63) is 34.9 Å². The first-order chi connectivity index (χ1) is 6.75. The van der Waals surface area contributed by atoms with Gasteiger partial charge in [-0.15, -0.1) is 4.31 Å². The molecule has 0 saturated carbocycles. The first-order valence-electron chi connectivity index (χ1n) is 4.88. The molecule has 1 heterocycles. The van der Waals surface area contributed by atoms with Crippen LogP contribution in [0.3, 0.4) is 0 Å². The molecular weight excluding hydrogens is 214 g/mol. The molecule has 1 aromatic rings. The highest BCUT2D eigenvalue weighted by Crippen LogP contribution is 2.18. The van der Waals surface area contributed by atoms with E-state index in [4.69, 9.17) is 11.6 Å². The van der Waals surface area contributed by atoms with Crippen LogP contribution in [0.15, 0.2) is 24.3 Å². The summed E-state index contributed by atoms with van der Waals surface area (Å²) in [5.74, 6) is 1.37. The fourth-order valence-corrected chi connectivity index (χ4v) is 3.46. The summed E-state index contributed by atoms with van der Waals surface area (Å²) in [7, 11) is 0. The molecule has 76 valence electrons. The van der Waals surface area contributed by atoms with Crippen molar-refractivity contribution in [2.75, 3.05) is 18.6 Å². The fraction of sp³-hybridized carbons (Fsp3) is 0.455. The van der Waals surface area contributed by atoms with Crippen LogP contribution in [0.4, 0.5) is 0 Å². The van der Waals surface area contributed by atoms with Gasteiger partial charge in [-0.05, 0) is 17.7 Å². The van der Waals surface area contributed by atoms with Crippen LogP contribution in [0.1, 0.15) is 12.0 Å². The average molecular weight is 229 g/mol. The minimum Gasteiger partial charge on any atom is -0.122 e. The molecule has 1 saturated heterocycles. The molecule has 0 spiro atoms. The molecular formula is C11H15ClNS+. The Kier molecular flexibility index (Phi) is 3.37. The van der Waals surface area contributed by atoms with Gasteiger partial charge in [0.25, 0.3) is 0 Å². The Morgan fingerprint density at radius 1 is 1.36 bits per heavy atom. The lowest BCUT2D eigenvalue weighted by atomic mass is 10.2. The maximum Gasteiger partial charge on any atom is 0.128 e. The van der Waals surface area contributed by atoms with Crippen molar-refractivity contribution in [3.63, 3.8) is 0 Å². The first-order valence-corrected chi connectivity index (χ1v) is 7.01. The second kappa shape index (κ2) is 4.56. The van der Waals surface area contributed by atoms with Crippen molar-refractivity contribution in [2.24, 2.45) is 0 Å². The number of rotatable bonds is 2. The van der Waals surface area contributed by atoms with Gasteiger partial charge in [-0.25, -0.2) is 0 Å². The normalized spacial score (nSPS) is 22.9. The third kappa shape index (κ3) is 2.44. The van der Waals surface area contributed by atoms with Crippen LogP contribution in [0, 0.1) is 0 Å². The van der Waals surface area contributed by atoms with Crippen molar-refractivity contribution in [2.45, 2.75) is 13.0 Å². The van der Waals surface area contributed by atoms with Gasteiger partial charge in [0.15, 0.2) is 0 Å². The van der Waals surface area contributed by atoms with Crippen LogP contribution in [0.25, 0.3) is 0 Å². The number of benzene rings is 1. The summed E-state index contributed by atoms with van der Waals surface area (Å²) in [5, 5.41) is 0.825. The Bertz CT molecular complexity index is 299. The molecule has 0 aliphatic carbocycles. The zero-order valence-corrected chi connectivity index (χ0v) is 9.94. The second-order valence-electron chi connectivity index (χ2n) is 3.65. The van der Waals surface area contributed by atoms with Crippen molar-refractivity contribution in [1.82, 2.24) is 4.31 Å². The van der Waals surface area contributed by atoms with Gasteiger partial charge in [0.1, 0.15) is 12.0 Å². The first kappa shape index (κ1) is 10.3. The third-order valence-electron chi connectivity index (χ3n) is 2.56. The van der Waals surface area contributed by atoms with Crippen molar-refractivity contribution in [3.8, 4) is 0 Å². The average Bonchev–Trinajstić information content (AvgIpc) is 2.56. The lowest BCUT2D eigenvalue weighted by Gasteiger charge is -2.11. The molecule has 0 radical (unpaired) electrons. The zero-order valence-electron chi connectivity index (χ0n) is 8.37. The van der Waals surface area contributed by atoms with Crippen LogP contribution < -0.4 is 0 Å². The molecule has 0 bridgehead atoms. The lowest BCUT2D eigenvalue weighted by molar-refractivity contribution is 0.486. The smallest absolute Gasteiger partial charge is 0.122 e. The van der Waals surface area contributed by atoms with Crippen molar-refractivity contribution >= 4 is 22.7 Å². The van der Waals surface area contributed by atoms with Gasteiger partial charge >= 0.3 is 0 Å². The summed E-state index contributed by atoms with van der Waals surface area (Å²) in [5.41, 5.74) is 1.37. The lowest BCUT2D eigenvalue weighted by Crippen LogP contribution is -2.24. The number of nitrogens with zero attached hydrogens (tertiary/aromatic N) is 1. The van der Waals surface area contributed by atoms with Gasteiger partial charge in [-0.2, -0.15) is 0 Å². The van der Waals surface area contributed by atoms with E-state index in [1.165, 1.54) is 24.3 Å². The number of hydrogen-bond donors (Lipinski definition) is 0. The minimum atomic E-state index is 0.484. The summed E-state index contributed by atoms with van der Waals surface area (Å²) >= 11 is 6.33. The predicted molar refractivity (Wildman–Crippen MR) is 64.6 cm³/mol. The number of hydrogen-bond acceptors (Lipinski definition) is 1. The predicted octanol–water partition coefficient (Wildman–Crippen LogP) is 2.71. The van der Waals surface area contributed by atoms with Crippen LogP contribution in [-0.4, -0.2) is 22.9 Å². The van der Waals surface area contributed by atoms with Crippen LogP contribution in [-0.2, 0) is 17.6 Å². The third-order valence-corrected chi connectivity index (χ3v) is 4.88. The molecule has 1 atom stereocenters. The SMILES string of the molecule is C[S+]1CCCN1Cc1ccc(Cl)cc1. The van der Waals surface area contributed by atoms with Gasteiger partial charge in [0, 0.05) is 18.0 Å². The maximum absolute atomic E-state index is 5.85. The summed E-state index contributed by atoms with van der Waals surface area (Å²) in [4.78, 5) is 0. The molecule has 0 N–H and O–H groups in total. The zero-order chi connectivity index (χ0) is 9.97. The fourth-order valence-electron chi connectivity index (χ4n) is 1.72. The number of halogens is 1. The van der Waals surface area contributed by atoms with E-state index in [-0.39, 0.29) is 0 Å². The highest BCUT2D eigenvalue weighted by atomic mass is 35.5. The highest BCUT2D eigenvalue weighted by Gasteiger charge is 2.29. The minimum absolute atomic E-state index is 0.484. The molecule has 1 aliphatic rings. The van der Waals surface area contributed by atoms with Crippen molar-refractivity contribution in [1.29, 1.82) is 0 Å². The largest absolute Gasteiger partial charge is 0.128 e. The van der Waals surface area contributed by atoms with Gasteiger partial charge in [0.05, 0.1) is 17.6 Å². The van der Waals surface area contributed by atoms with Crippen LogP contribution in [0.5, 0.6) is 0 Å². The molecule has 0 aromatic heterocycles. The van der Waals surface area contributed by atoms with Gasteiger partial charge in [0.2, 0.25) is 0 Å². The quantitative estimate of drug-likeness (QED) is 0.704. The van der Waals surface area contributed by atoms with Crippen LogP contribution >= 0.6 is 11.6 Å². The van der Waals surface area contributed by atoms with Gasteiger partial charge < -0.3 is 0 Å². The topological polar surface area (TPSA) is 3.24 Å². The summed E-state index contributed by atoms with van der Waals surface area (Å²) in [6.45, 7) is 2.33. The van der Waals surface area contributed by atoms with Gasteiger partial charge in [-0.3, -0.25) is 0 Å². The Labute approximate surface area is 93.5 Å². The maximum atomic E-state index is 5.85. The van der Waals surface area contributed by atoms with Crippen LogP contribution in [0.2, 0.25) is 5.02 Å². The van der Waals surface area contributed by atoms with Crippen molar-refractivity contribution < 1.29 is 0 Å². The van der Waals surface area contributed by atoms with E-state index >= 15 is 0 Å². The second-order valence-corrected chi connectivity index (χ2v) is 6.21. The molecule has 1 aromatic carbocycles. The van der Waals surface area contributed by atoms with E-state index in [0.717, 1.165) is 11.6 Å². The molecule has 1 unspecified atom stereocenters. The van der Waals surface area contributed by atoms with E-state index in [1.54, 1.807) is 0 Å². The molecule has 1 fully saturated rings. The highest BCUT2D eigenvalue weighted by molar-refractivity contribution is 7.94.